The number of para-hydroxylation sites is 1. The van der Waals surface area contributed by atoms with E-state index in [-0.39, 0.29) is 18.6 Å². The van der Waals surface area contributed by atoms with Gasteiger partial charge in [0.1, 0.15) is 18.5 Å². The van der Waals surface area contributed by atoms with Crippen LogP contribution >= 0.6 is 0 Å². The Morgan fingerprint density at radius 2 is 1.68 bits per heavy atom. The molecule has 2 aromatic rings. The van der Waals surface area contributed by atoms with E-state index < -0.39 is 6.10 Å². The van der Waals surface area contributed by atoms with E-state index in [1.54, 1.807) is 0 Å². The van der Waals surface area contributed by atoms with Crippen LogP contribution in [0.3, 0.4) is 0 Å². The molecular weight excluding hydrogens is 316 g/mol. The standard InChI is InChI=1S/C20H26N2O3/c1-2-20(24)22-19(16-9-5-3-6-10-16)14-21-13-17(23)15-25-18-11-7-4-8-12-18/h3-12,17,19,21,23H,2,13-15H2,1H3,(H,22,24). The summed E-state index contributed by atoms with van der Waals surface area (Å²) in [5.74, 6) is 0.738. The molecule has 2 aromatic carbocycles. The number of carbonyl (C=O) groups is 1. The zero-order valence-corrected chi connectivity index (χ0v) is 14.5. The number of aliphatic hydroxyl groups excluding tert-OH is 1. The van der Waals surface area contributed by atoms with E-state index in [0.717, 1.165) is 11.3 Å². The average molecular weight is 342 g/mol. The van der Waals surface area contributed by atoms with Crippen molar-refractivity contribution >= 4 is 5.91 Å². The Labute approximate surface area is 149 Å². The maximum Gasteiger partial charge on any atom is 0.220 e. The fraction of sp³-hybridized carbons (Fsp3) is 0.350. The lowest BCUT2D eigenvalue weighted by Gasteiger charge is -2.21. The van der Waals surface area contributed by atoms with E-state index in [4.69, 9.17) is 4.74 Å². The second kappa shape index (κ2) is 10.5. The van der Waals surface area contributed by atoms with E-state index >= 15 is 0 Å². The van der Waals surface area contributed by atoms with Gasteiger partial charge in [-0.15, -0.1) is 0 Å². The molecule has 2 rings (SSSR count). The molecule has 0 fully saturated rings. The van der Waals surface area contributed by atoms with Gasteiger partial charge in [-0.05, 0) is 17.7 Å². The van der Waals surface area contributed by atoms with Crippen molar-refractivity contribution in [3.05, 3.63) is 66.2 Å². The molecule has 0 saturated heterocycles. The van der Waals surface area contributed by atoms with Gasteiger partial charge in [-0.2, -0.15) is 0 Å². The number of amides is 1. The molecule has 134 valence electrons. The van der Waals surface area contributed by atoms with Crippen LogP contribution in [-0.4, -0.2) is 36.8 Å². The van der Waals surface area contributed by atoms with Crippen molar-refractivity contribution in [3.63, 3.8) is 0 Å². The van der Waals surface area contributed by atoms with Gasteiger partial charge >= 0.3 is 0 Å². The summed E-state index contributed by atoms with van der Waals surface area (Å²) in [6.07, 6.45) is -0.185. The summed E-state index contributed by atoms with van der Waals surface area (Å²) in [6, 6.07) is 19.1. The highest BCUT2D eigenvalue weighted by Crippen LogP contribution is 2.12. The third-order valence-corrected chi connectivity index (χ3v) is 3.77. The first kappa shape index (κ1) is 19.0. The van der Waals surface area contributed by atoms with Gasteiger partial charge in [0.15, 0.2) is 0 Å². The van der Waals surface area contributed by atoms with Crippen LogP contribution in [0, 0.1) is 0 Å². The quantitative estimate of drug-likeness (QED) is 0.619. The Morgan fingerprint density at radius 1 is 1.04 bits per heavy atom. The highest BCUT2D eigenvalue weighted by Gasteiger charge is 2.14. The van der Waals surface area contributed by atoms with Crippen LogP contribution in [0.15, 0.2) is 60.7 Å². The minimum absolute atomic E-state index is 0.00334. The molecule has 0 aliphatic heterocycles. The molecule has 0 radical (unpaired) electrons. The van der Waals surface area contributed by atoms with E-state index in [9.17, 15) is 9.90 Å². The second-order valence-corrected chi connectivity index (χ2v) is 5.82. The van der Waals surface area contributed by atoms with Crippen LogP contribution in [0.4, 0.5) is 0 Å². The molecule has 5 nitrogen and oxygen atoms in total. The summed E-state index contributed by atoms with van der Waals surface area (Å²) in [5.41, 5.74) is 1.03. The summed E-state index contributed by atoms with van der Waals surface area (Å²) in [7, 11) is 0. The zero-order chi connectivity index (χ0) is 17.9. The minimum Gasteiger partial charge on any atom is -0.491 e. The van der Waals surface area contributed by atoms with Crippen LogP contribution in [-0.2, 0) is 4.79 Å². The highest BCUT2D eigenvalue weighted by atomic mass is 16.5. The maximum atomic E-state index is 11.7. The molecule has 2 atom stereocenters. The maximum absolute atomic E-state index is 11.7. The third kappa shape index (κ3) is 6.95. The van der Waals surface area contributed by atoms with Crippen molar-refractivity contribution in [3.8, 4) is 5.75 Å². The third-order valence-electron chi connectivity index (χ3n) is 3.77. The summed E-state index contributed by atoms with van der Waals surface area (Å²) in [6.45, 7) is 2.97. The van der Waals surface area contributed by atoms with Crippen LogP contribution in [0.1, 0.15) is 24.9 Å². The monoisotopic (exact) mass is 342 g/mol. The Balaban J connectivity index is 1.78. The van der Waals surface area contributed by atoms with E-state index in [2.05, 4.69) is 10.6 Å². The lowest BCUT2D eigenvalue weighted by Crippen LogP contribution is -2.39. The SMILES string of the molecule is CCC(=O)NC(CNCC(O)COc1ccccc1)c1ccccc1. The molecule has 3 N–H and O–H groups in total. The first-order valence-corrected chi connectivity index (χ1v) is 8.60. The second-order valence-electron chi connectivity index (χ2n) is 5.82. The molecule has 0 aliphatic carbocycles. The number of hydrogen-bond acceptors (Lipinski definition) is 4. The molecule has 1 amide bonds. The number of benzene rings is 2. The fourth-order valence-corrected chi connectivity index (χ4v) is 2.40. The van der Waals surface area contributed by atoms with Crippen LogP contribution in [0.2, 0.25) is 0 Å². The topological polar surface area (TPSA) is 70.6 Å². The fourth-order valence-electron chi connectivity index (χ4n) is 2.40. The number of rotatable bonds is 10. The molecular formula is C20H26N2O3. The molecule has 2 unspecified atom stereocenters. The van der Waals surface area contributed by atoms with E-state index in [1.807, 2.05) is 67.6 Å². The lowest BCUT2D eigenvalue weighted by molar-refractivity contribution is -0.121. The molecule has 0 spiro atoms. The summed E-state index contributed by atoms with van der Waals surface area (Å²) in [5, 5.41) is 16.3. The van der Waals surface area contributed by atoms with Crippen molar-refractivity contribution < 1.29 is 14.6 Å². The smallest absolute Gasteiger partial charge is 0.220 e. The average Bonchev–Trinajstić information content (AvgIpc) is 2.67. The molecule has 25 heavy (non-hydrogen) atoms. The van der Waals surface area contributed by atoms with Crippen LogP contribution in [0.5, 0.6) is 5.75 Å². The number of carbonyl (C=O) groups excluding carboxylic acids is 1. The molecule has 0 heterocycles. The Kier molecular flexibility index (Phi) is 7.95. The Bertz CT molecular complexity index is 619. The number of hydrogen-bond donors (Lipinski definition) is 3. The summed E-state index contributed by atoms with van der Waals surface area (Å²) >= 11 is 0. The zero-order valence-electron chi connectivity index (χ0n) is 14.5. The van der Waals surface area contributed by atoms with Crippen molar-refractivity contribution in [2.45, 2.75) is 25.5 Å². The summed E-state index contributed by atoms with van der Waals surface area (Å²) < 4.78 is 5.53. The van der Waals surface area contributed by atoms with Gasteiger partial charge in [-0.1, -0.05) is 55.5 Å². The van der Waals surface area contributed by atoms with Gasteiger partial charge in [-0.3, -0.25) is 4.79 Å². The largest absolute Gasteiger partial charge is 0.491 e. The van der Waals surface area contributed by atoms with Gasteiger partial charge < -0.3 is 20.5 Å². The van der Waals surface area contributed by atoms with Crippen LogP contribution < -0.4 is 15.4 Å². The molecule has 0 saturated carbocycles. The van der Waals surface area contributed by atoms with Gasteiger partial charge in [0.2, 0.25) is 5.91 Å². The van der Waals surface area contributed by atoms with Crippen molar-refractivity contribution in [2.75, 3.05) is 19.7 Å². The number of aliphatic hydroxyl groups is 1. The van der Waals surface area contributed by atoms with Crippen molar-refractivity contribution in [1.29, 1.82) is 0 Å². The van der Waals surface area contributed by atoms with Crippen LogP contribution in [0.25, 0.3) is 0 Å². The van der Waals surface area contributed by atoms with Gasteiger partial charge in [0, 0.05) is 19.5 Å². The van der Waals surface area contributed by atoms with E-state index in [0.29, 0.717) is 19.5 Å². The van der Waals surface area contributed by atoms with Gasteiger partial charge in [0.05, 0.1) is 6.04 Å². The van der Waals surface area contributed by atoms with Crippen molar-refractivity contribution in [2.24, 2.45) is 0 Å². The number of ether oxygens (including phenoxy) is 1. The van der Waals surface area contributed by atoms with E-state index in [1.165, 1.54) is 0 Å². The molecule has 5 heteroatoms. The molecule has 0 aliphatic rings. The molecule has 0 bridgehead atoms. The Morgan fingerprint density at radius 3 is 2.32 bits per heavy atom. The normalized spacial score (nSPS) is 13.0. The predicted octanol–water partition coefficient (Wildman–Crippen LogP) is 2.28. The van der Waals surface area contributed by atoms with Gasteiger partial charge in [-0.25, -0.2) is 0 Å². The number of nitrogens with one attached hydrogen (secondary N) is 2. The first-order valence-electron chi connectivity index (χ1n) is 8.60. The first-order chi connectivity index (χ1) is 12.2. The summed E-state index contributed by atoms with van der Waals surface area (Å²) in [4.78, 5) is 11.7. The predicted molar refractivity (Wildman–Crippen MR) is 98.4 cm³/mol. The van der Waals surface area contributed by atoms with Gasteiger partial charge in [0.25, 0.3) is 0 Å². The van der Waals surface area contributed by atoms with Crippen molar-refractivity contribution in [1.82, 2.24) is 10.6 Å². The lowest BCUT2D eigenvalue weighted by atomic mass is 10.1. The molecule has 0 aromatic heterocycles. The highest BCUT2D eigenvalue weighted by molar-refractivity contribution is 5.76. The minimum atomic E-state index is -0.626. The Hall–Kier alpha value is -2.37.